The molecule has 3 heteroatoms. The fourth-order valence-corrected chi connectivity index (χ4v) is 2.85. The summed E-state index contributed by atoms with van der Waals surface area (Å²) in [6, 6.07) is 14.3. The highest BCUT2D eigenvalue weighted by atomic mass is 32.1. The summed E-state index contributed by atoms with van der Waals surface area (Å²) in [5.74, 6) is 0.369. The van der Waals surface area contributed by atoms with Crippen LogP contribution >= 0.6 is 11.3 Å². The molecular formula is C16H19NOS. The number of amides is 1. The lowest BCUT2D eigenvalue weighted by atomic mass is 9.98. The Morgan fingerprint density at radius 3 is 2.58 bits per heavy atom. The van der Waals surface area contributed by atoms with E-state index in [1.54, 1.807) is 11.3 Å². The van der Waals surface area contributed by atoms with Gasteiger partial charge in [-0.05, 0) is 30.5 Å². The van der Waals surface area contributed by atoms with Crippen LogP contribution in [0.2, 0.25) is 0 Å². The quantitative estimate of drug-likeness (QED) is 0.880. The van der Waals surface area contributed by atoms with E-state index in [1.807, 2.05) is 18.2 Å². The molecule has 0 spiro atoms. The van der Waals surface area contributed by atoms with Crippen LogP contribution in [0.15, 0.2) is 42.5 Å². The summed E-state index contributed by atoms with van der Waals surface area (Å²) in [6.45, 7) is 4.80. The first-order chi connectivity index (χ1) is 9.15. The van der Waals surface area contributed by atoms with E-state index in [-0.39, 0.29) is 11.8 Å². The fraction of sp³-hybridized carbons (Fsp3) is 0.312. The third-order valence-electron chi connectivity index (χ3n) is 3.12. The van der Waals surface area contributed by atoms with Gasteiger partial charge in [0.1, 0.15) is 0 Å². The Kier molecular flexibility index (Phi) is 4.74. The minimum atomic E-state index is 0.113. The van der Waals surface area contributed by atoms with Gasteiger partial charge in [0.15, 0.2) is 0 Å². The highest BCUT2D eigenvalue weighted by Crippen LogP contribution is 2.19. The van der Waals surface area contributed by atoms with E-state index in [2.05, 4.69) is 43.4 Å². The maximum absolute atomic E-state index is 11.9. The zero-order valence-electron chi connectivity index (χ0n) is 11.3. The summed E-state index contributed by atoms with van der Waals surface area (Å²) in [4.78, 5) is 14.4. The monoisotopic (exact) mass is 273 g/mol. The van der Waals surface area contributed by atoms with Crippen molar-refractivity contribution in [2.24, 2.45) is 0 Å². The number of benzene rings is 1. The number of hydrogen-bond donors (Lipinski definition) is 1. The van der Waals surface area contributed by atoms with Gasteiger partial charge in [0.05, 0.1) is 6.54 Å². The van der Waals surface area contributed by atoms with Crippen molar-refractivity contribution < 1.29 is 4.79 Å². The topological polar surface area (TPSA) is 29.1 Å². The minimum absolute atomic E-state index is 0.113. The van der Waals surface area contributed by atoms with Gasteiger partial charge in [-0.3, -0.25) is 4.79 Å². The number of nitrogens with one attached hydrogen (secondary N) is 1. The van der Waals surface area contributed by atoms with Gasteiger partial charge in [0.25, 0.3) is 0 Å². The Morgan fingerprint density at radius 1 is 1.21 bits per heavy atom. The molecule has 0 fully saturated rings. The van der Waals surface area contributed by atoms with E-state index >= 15 is 0 Å². The molecular weight excluding hydrogens is 254 g/mol. The molecule has 1 heterocycles. The van der Waals surface area contributed by atoms with Gasteiger partial charge in [-0.1, -0.05) is 37.3 Å². The van der Waals surface area contributed by atoms with E-state index in [0.717, 1.165) is 0 Å². The van der Waals surface area contributed by atoms with Crippen molar-refractivity contribution in [1.29, 1.82) is 0 Å². The second-order valence-corrected chi connectivity index (χ2v) is 6.18. The SMILES string of the molecule is Cc1ccc(CNC(=O)C[C@@H](C)c2ccccc2)s1. The summed E-state index contributed by atoms with van der Waals surface area (Å²) in [5.41, 5.74) is 1.21. The Hall–Kier alpha value is -1.61. The average Bonchev–Trinajstić information content (AvgIpc) is 2.83. The lowest BCUT2D eigenvalue weighted by Gasteiger charge is -2.11. The molecule has 1 aromatic heterocycles. The first kappa shape index (κ1) is 13.8. The van der Waals surface area contributed by atoms with Crippen molar-refractivity contribution in [3.63, 3.8) is 0 Å². The van der Waals surface area contributed by atoms with E-state index in [1.165, 1.54) is 15.3 Å². The van der Waals surface area contributed by atoms with Gasteiger partial charge in [-0.25, -0.2) is 0 Å². The van der Waals surface area contributed by atoms with Gasteiger partial charge >= 0.3 is 0 Å². The molecule has 0 radical (unpaired) electrons. The normalized spacial score (nSPS) is 12.1. The van der Waals surface area contributed by atoms with Crippen LogP contribution in [-0.2, 0) is 11.3 Å². The Morgan fingerprint density at radius 2 is 1.95 bits per heavy atom. The van der Waals surface area contributed by atoms with Crippen LogP contribution in [0.4, 0.5) is 0 Å². The molecule has 2 rings (SSSR count). The Balaban J connectivity index is 1.81. The van der Waals surface area contributed by atoms with Crippen molar-refractivity contribution in [1.82, 2.24) is 5.32 Å². The summed E-state index contributed by atoms with van der Waals surface area (Å²) in [6.07, 6.45) is 0.536. The first-order valence-electron chi connectivity index (χ1n) is 6.52. The number of hydrogen-bond acceptors (Lipinski definition) is 2. The highest BCUT2D eigenvalue weighted by Gasteiger charge is 2.10. The fourth-order valence-electron chi connectivity index (χ4n) is 2.02. The van der Waals surface area contributed by atoms with E-state index in [9.17, 15) is 4.79 Å². The minimum Gasteiger partial charge on any atom is -0.351 e. The van der Waals surface area contributed by atoms with Crippen molar-refractivity contribution in [2.75, 3.05) is 0 Å². The van der Waals surface area contributed by atoms with Crippen LogP contribution in [0.25, 0.3) is 0 Å². The van der Waals surface area contributed by atoms with Crippen molar-refractivity contribution in [3.05, 3.63) is 57.8 Å². The number of carbonyl (C=O) groups excluding carboxylic acids is 1. The third-order valence-corrected chi connectivity index (χ3v) is 4.12. The molecule has 0 aliphatic carbocycles. The Labute approximate surface area is 118 Å². The molecule has 1 N–H and O–H groups in total. The van der Waals surface area contributed by atoms with Gasteiger partial charge in [-0.15, -0.1) is 11.3 Å². The number of thiophene rings is 1. The smallest absolute Gasteiger partial charge is 0.220 e. The third kappa shape index (κ3) is 4.21. The van der Waals surface area contributed by atoms with Gasteiger partial charge in [-0.2, -0.15) is 0 Å². The summed E-state index contributed by atoms with van der Waals surface area (Å²) >= 11 is 1.73. The highest BCUT2D eigenvalue weighted by molar-refractivity contribution is 7.11. The standard InChI is InChI=1S/C16H19NOS/c1-12(14-6-4-3-5-7-14)10-16(18)17-11-15-9-8-13(2)19-15/h3-9,12H,10-11H2,1-2H3,(H,17,18)/t12-/m1/s1. The molecule has 19 heavy (non-hydrogen) atoms. The molecule has 2 nitrogen and oxygen atoms in total. The lowest BCUT2D eigenvalue weighted by molar-refractivity contribution is -0.121. The maximum atomic E-state index is 11.9. The molecule has 100 valence electrons. The summed E-state index contributed by atoms with van der Waals surface area (Å²) in [5, 5.41) is 2.98. The summed E-state index contributed by atoms with van der Waals surface area (Å²) < 4.78 is 0. The van der Waals surface area contributed by atoms with Crippen LogP contribution in [-0.4, -0.2) is 5.91 Å². The van der Waals surface area contributed by atoms with Crippen LogP contribution in [0.1, 0.15) is 34.6 Å². The molecule has 0 saturated heterocycles. The van der Waals surface area contributed by atoms with Crippen molar-refractivity contribution in [2.45, 2.75) is 32.7 Å². The molecule has 0 aliphatic heterocycles. The zero-order valence-corrected chi connectivity index (χ0v) is 12.2. The van der Waals surface area contributed by atoms with E-state index < -0.39 is 0 Å². The molecule has 0 saturated carbocycles. The molecule has 1 atom stereocenters. The van der Waals surface area contributed by atoms with Crippen LogP contribution in [0.3, 0.4) is 0 Å². The molecule has 1 amide bonds. The van der Waals surface area contributed by atoms with Crippen molar-refractivity contribution >= 4 is 17.2 Å². The number of rotatable bonds is 5. The van der Waals surface area contributed by atoms with Crippen LogP contribution in [0.5, 0.6) is 0 Å². The van der Waals surface area contributed by atoms with E-state index in [0.29, 0.717) is 13.0 Å². The first-order valence-corrected chi connectivity index (χ1v) is 7.34. The summed E-state index contributed by atoms with van der Waals surface area (Å²) in [7, 11) is 0. The lowest BCUT2D eigenvalue weighted by Crippen LogP contribution is -2.23. The second kappa shape index (κ2) is 6.53. The molecule has 1 aromatic carbocycles. The predicted octanol–water partition coefficient (Wildman–Crippen LogP) is 3.87. The number of carbonyl (C=O) groups is 1. The Bertz CT molecular complexity index is 533. The van der Waals surface area contributed by atoms with Gasteiger partial charge in [0.2, 0.25) is 5.91 Å². The molecule has 0 unspecified atom stereocenters. The molecule has 0 bridgehead atoms. The zero-order chi connectivity index (χ0) is 13.7. The predicted molar refractivity (Wildman–Crippen MR) is 80.4 cm³/mol. The van der Waals surface area contributed by atoms with E-state index in [4.69, 9.17) is 0 Å². The molecule has 2 aromatic rings. The van der Waals surface area contributed by atoms with Crippen LogP contribution < -0.4 is 5.32 Å². The average molecular weight is 273 g/mol. The second-order valence-electron chi connectivity index (χ2n) is 4.80. The largest absolute Gasteiger partial charge is 0.351 e. The van der Waals surface area contributed by atoms with Crippen LogP contribution in [0, 0.1) is 6.92 Å². The number of aryl methyl sites for hydroxylation is 1. The van der Waals surface area contributed by atoms with Gasteiger partial charge < -0.3 is 5.32 Å². The van der Waals surface area contributed by atoms with Gasteiger partial charge in [0, 0.05) is 16.2 Å². The molecule has 0 aliphatic rings. The van der Waals surface area contributed by atoms with Crippen molar-refractivity contribution in [3.8, 4) is 0 Å². The maximum Gasteiger partial charge on any atom is 0.220 e.